The Morgan fingerprint density at radius 2 is 1.00 bits per heavy atom. The Hall–Kier alpha value is -5.52. The van der Waals surface area contributed by atoms with Crippen LogP contribution in [0, 0.1) is 0 Å². The number of aromatic carboxylic acids is 4. The van der Waals surface area contributed by atoms with Crippen LogP contribution in [0.3, 0.4) is 0 Å². The monoisotopic (exact) mass is 548 g/mol. The van der Waals surface area contributed by atoms with Gasteiger partial charge in [-0.2, -0.15) is 0 Å². The van der Waals surface area contributed by atoms with Gasteiger partial charge in [0.1, 0.15) is 0 Å². The molecule has 204 valence electrons. The maximum absolute atomic E-state index is 13.4. The molecule has 0 atom stereocenters. The van der Waals surface area contributed by atoms with Crippen molar-refractivity contribution in [1.29, 1.82) is 0 Å². The van der Waals surface area contributed by atoms with E-state index in [1.807, 2.05) is 0 Å². The van der Waals surface area contributed by atoms with E-state index in [9.17, 15) is 49.2 Å². The first kappa shape index (κ1) is 27.5. The van der Waals surface area contributed by atoms with E-state index in [1.165, 1.54) is 30.3 Å². The van der Waals surface area contributed by atoms with Gasteiger partial charge in [0.2, 0.25) is 0 Å². The van der Waals surface area contributed by atoms with Crippen LogP contribution in [0.1, 0.15) is 75.0 Å². The molecule has 0 spiro atoms. The standard InChI is InChI=1S/C28H20O12/c29-23(30)16-7-3-5-13(20(16)25(33)34)14-9-10-18-22(28(38)40-12-2-1-11-39-27(18)37)19(14)15-6-4-8-17(24(31)32)21(15)26(35)36/h3-10H,1-2,11-12H2,(H,29,30)(H,31,32)(H,33,34)(H,35,36). The lowest BCUT2D eigenvalue weighted by atomic mass is 9.82. The van der Waals surface area contributed by atoms with Crippen LogP contribution in [0.4, 0.5) is 0 Å². The summed E-state index contributed by atoms with van der Waals surface area (Å²) in [6.07, 6.45) is 0.731. The molecule has 0 saturated heterocycles. The van der Waals surface area contributed by atoms with Crippen LogP contribution in [-0.4, -0.2) is 69.5 Å². The zero-order valence-corrected chi connectivity index (χ0v) is 20.5. The van der Waals surface area contributed by atoms with Crippen molar-refractivity contribution in [3.8, 4) is 22.3 Å². The van der Waals surface area contributed by atoms with Crippen molar-refractivity contribution in [3.63, 3.8) is 0 Å². The van der Waals surface area contributed by atoms with Gasteiger partial charge in [-0.3, -0.25) is 0 Å². The smallest absolute Gasteiger partial charge is 0.339 e. The maximum atomic E-state index is 13.4. The Kier molecular flexibility index (Phi) is 7.62. The number of fused-ring (bicyclic) bond motifs is 1. The number of carbonyl (C=O) groups excluding carboxylic acids is 2. The van der Waals surface area contributed by atoms with E-state index in [0.717, 1.165) is 18.2 Å². The number of carboxylic acids is 4. The lowest BCUT2D eigenvalue weighted by Crippen LogP contribution is -2.20. The van der Waals surface area contributed by atoms with E-state index in [-0.39, 0.29) is 41.0 Å². The Bertz CT molecular complexity index is 1600. The summed E-state index contributed by atoms with van der Waals surface area (Å²) in [4.78, 5) is 74.9. The van der Waals surface area contributed by atoms with Crippen LogP contribution >= 0.6 is 0 Å². The third-order valence-electron chi connectivity index (χ3n) is 6.21. The van der Waals surface area contributed by atoms with Crippen LogP contribution in [0.2, 0.25) is 0 Å². The highest BCUT2D eigenvalue weighted by Crippen LogP contribution is 2.42. The van der Waals surface area contributed by atoms with Crippen LogP contribution in [0.25, 0.3) is 22.3 Å². The van der Waals surface area contributed by atoms with E-state index in [2.05, 4.69) is 0 Å². The fourth-order valence-electron chi connectivity index (χ4n) is 4.53. The normalized spacial score (nSPS) is 13.4. The number of hydrogen-bond acceptors (Lipinski definition) is 8. The van der Waals surface area contributed by atoms with Gasteiger partial charge in [0, 0.05) is 5.56 Å². The molecule has 1 aliphatic heterocycles. The summed E-state index contributed by atoms with van der Waals surface area (Å²) in [5.41, 5.74) is -4.61. The fourth-order valence-corrected chi connectivity index (χ4v) is 4.53. The van der Waals surface area contributed by atoms with Gasteiger partial charge in [0.25, 0.3) is 0 Å². The van der Waals surface area contributed by atoms with Crippen molar-refractivity contribution < 1.29 is 58.7 Å². The van der Waals surface area contributed by atoms with Gasteiger partial charge < -0.3 is 29.9 Å². The molecule has 1 heterocycles. The molecule has 0 aromatic heterocycles. The average Bonchev–Trinajstić information content (AvgIpc) is 2.92. The molecule has 12 heteroatoms. The average molecular weight is 548 g/mol. The summed E-state index contributed by atoms with van der Waals surface area (Å²) >= 11 is 0. The molecule has 0 saturated carbocycles. The molecule has 0 bridgehead atoms. The highest BCUT2D eigenvalue weighted by molar-refractivity contribution is 6.16. The molecule has 3 aromatic rings. The minimum absolute atomic E-state index is 0.00833. The second kappa shape index (κ2) is 11.1. The molecule has 0 fully saturated rings. The quantitative estimate of drug-likeness (QED) is 0.324. The summed E-state index contributed by atoms with van der Waals surface area (Å²) in [6.45, 7) is -0.0963. The Morgan fingerprint density at radius 3 is 1.52 bits per heavy atom. The second-order valence-corrected chi connectivity index (χ2v) is 8.57. The number of carboxylic acid groups (broad SMARTS) is 4. The van der Waals surface area contributed by atoms with Gasteiger partial charge in [-0.05, 0) is 47.7 Å². The number of cyclic esters (lactones) is 2. The molecule has 1 aliphatic rings. The Morgan fingerprint density at radius 1 is 0.525 bits per heavy atom. The summed E-state index contributed by atoms with van der Waals surface area (Å²) in [6, 6.07) is 9.33. The number of benzene rings is 3. The van der Waals surface area contributed by atoms with Crippen molar-refractivity contribution in [2.24, 2.45) is 0 Å². The van der Waals surface area contributed by atoms with E-state index in [0.29, 0.717) is 12.8 Å². The van der Waals surface area contributed by atoms with E-state index in [1.54, 1.807) is 0 Å². The first-order chi connectivity index (χ1) is 19.0. The topological polar surface area (TPSA) is 202 Å². The highest BCUT2D eigenvalue weighted by Gasteiger charge is 2.33. The summed E-state index contributed by atoms with van der Waals surface area (Å²) in [5.74, 6) is -8.53. The first-order valence-electron chi connectivity index (χ1n) is 11.8. The van der Waals surface area contributed by atoms with E-state index in [4.69, 9.17) is 9.47 Å². The second-order valence-electron chi connectivity index (χ2n) is 8.57. The Balaban J connectivity index is 2.25. The van der Waals surface area contributed by atoms with Gasteiger partial charge in [0.05, 0.1) is 46.6 Å². The van der Waals surface area contributed by atoms with Crippen LogP contribution in [0.15, 0.2) is 48.5 Å². The van der Waals surface area contributed by atoms with E-state index >= 15 is 0 Å². The molecule has 0 unspecified atom stereocenters. The van der Waals surface area contributed by atoms with Crippen LogP contribution in [0.5, 0.6) is 0 Å². The number of carbonyl (C=O) groups is 6. The minimum Gasteiger partial charge on any atom is -0.478 e. The van der Waals surface area contributed by atoms with Crippen LogP contribution < -0.4 is 0 Å². The van der Waals surface area contributed by atoms with Crippen molar-refractivity contribution >= 4 is 35.8 Å². The third-order valence-corrected chi connectivity index (χ3v) is 6.21. The maximum Gasteiger partial charge on any atom is 0.339 e. The van der Waals surface area contributed by atoms with E-state index < -0.39 is 63.6 Å². The van der Waals surface area contributed by atoms with Gasteiger partial charge in [-0.25, -0.2) is 28.8 Å². The summed E-state index contributed by atoms with van der Waals surface area (Å²) < 4.78 is 10.6. The third kappa shape index (κ3) is 4.97. The molecule has 40 heavy (non-hydrogen) atoms. The number of rotatable bonds is 6. The van der Waals surface area contributed by atoms with Crippen molar-refractivity contribution in [1.82, 2.24) is 0 Å². The first-order valence-corrected chi connectivity index (χ1v) is 11.8. The summed E-state index contributed by atoms with van der Waals surface area (Å²) in [5, 5.41) is 39.3. The molecular weight excluding hydrogens is 528 g/mol. The van der Waals surface area contributed by atoms with Gasteiger partial charge in [0.15, 0.2) is 0 Å². The largest absolute Gasteiger partial charge is 0.478 e. The molecule has 12 nitrogen and oxygen atoms in total. The highest BCUT2D eigenvalue weighted by atomic mass is 16.5. The van der Waals surface area contributed by atoms with Crippen molar-refractivity contribution in [2.75, 3.05) is 13.2 Å². The van der Waals surface area contributed by atoms with Crippen molar-refractivity contribution in [3.05, 3.63) is 81.9 Å². The predicted octanol–water partition coefficient (Wildman–Crippen LogP) is 3.92. The number of hydrogen-bond donors (Lipinski definition) is 4. The summed E-state index contributed by atoms with van der Waals surface area (Å²) in [7, 11) is 0. The molecule has 0 radical (unpaired) electrons. The lowest BCUT2D eigenvalue weighted by Gasteiger charge is -2.22. The molecule has 4 N–H and O–H groups in total. The zero-order chi connectivity index (χ0) is 29.1. The lowest BCUT2D eigenvalue weighted by molar-refractivity contribution is 0.0394. The number of ether oxygens (including phenoxy) is 2. The molecular formula is C28H20O12. The predicted molar refractivity (Wildman–Crippen MR) is 135 cm³/mol. The zero-order valence-electron chi connectivity index (χ0n) is 20.5. The molecule has 0 aliphatic carbocycles. The van der Waals surface area contributed by atoms with Gasteiger partial charge in [-0.15, -0.1) is 0 Å². The van der Waals surface area contributed by atoms with Gasteiger partial charge in [-0.1, -0.05) is 30.3 Å². The number of esters is 2. The van der Waals surface area contributed by atoms with Gasteiger partial charge >= 0.3 is 35.8 Å². The Labute approximate surface area is 225 Å². The minimum atomic E-state index is -1.69. The SMILES string of the molecule is O=C(O)c1cccc(-c2ccc3c(c2-c2cccc(C(=O)O)c2C(=O)O)C(=O)OCCCCOC3=O)c1C(=O)O. The molecule has 4 rings (SSSR count). The fraction of sp³-hybridized carbons (Fsp3) is 0.143. The van der Waals surface area contributed by atoms with Crippen LogP contribution in [-0.2, 0) is 9.47 Å². The van der Waals surface area contributed by atoms with Crippen molar-refractivity contribution in [2.45, 2.75) is 12.8 Å². The molecule has 3 aromatic carbocycles. The molecule has 0 amide bonds.